The lowest BCUT2D eigenvalue weighted by molar-refractivity contribution is -0.129. The molecule has 0 bridgehead atoms. The maximum atomic E-state index is 13.1. The molecule has 1 aromatic carbocycles. The fourth-order valence-electron chi connectivity index (χ4n) is 6.26. The molecule has 11 heteroatoms. The zero-order valence-electron chi connectivity index (χ0n) is 28.1. The summed E-state index contributed by atoms with van der Waals surface area (Å²) in [4.78, 5) is 36.3. The second kappa shape index (κ2) is 13.1. The van der Waals surface area contributed by atoms with Crippen LogP contribution in [0.15, 0.2) is 67.1 Å². The number of ether oxygens (including phenoxy) is 3. The molecular weight excluding hydrogens is 596 g/mol. The first-order valence-corrected chi connectivity index (χ1v) is 16.3. The Morgan fingerprint density at radius 3 is 2.40 bits per heavy atom. The van der Waals surface area contributed by atoms with Gasteiger partial charge in [0.15, 0.2) is 0 Å². The van der Waals surface area contributed by atoms with Gasteiger partial charge in [-0.2, -0.15) is 5.10 Å². The third-order valence-electron chi connectivity index (χ3n) is 9.04. The monoisotopic (exact) mass is 640 g/mol. The molecule has 248 valence electrons. The van der Waals surface area contributed by atoms with E-state index in [-0.39, 0.29) is 30.1 Å². The Labute approximate surface area is 276 Å². The molecule has 0 N–H and O–H groups in total. The van der Waals surface area contributed by atoms with Gasteiger partial charge < -0.3 is 28.9 Å². The van der Waals surface area contributed by atoms with E-state index in [4.69, 9.17) is 19.2 Å². The van der Waals surface area contributed by atoms with Gasteiger partial charge in [0.05, 0.1) is 36.9 Å². The minimum atomic E-state index is -0.510. The molecule has 2 amide bonds. The van der Waals surface area contributed by atoms with Gasteiger partial charge in [0.1, 0.15) is 28.7 Å². The highest BCUT2D eigenvalue weighted by atomic mass is 16.6. The summed E-state index contributed by atoms with van der Waals surface area (Å²) in [6.45, 7) is 13.0. The third-order valence-corrected chi connectivity index (χ3v) is 9.04. The van der Waals surface area contributed by atoms with Crippen molar-refractivity contribution in [2.45, 2.75) is 58.8 Å². The Bertz CT molecular complexity index is 1710. The summed E-state index contributed by atoms with van der Waals surface area (Å²) in [5.74, 6) is 1.67. The summed E-state index contributed by atoms with van der Waals surface area (Å²) < 4.78 is 19.2. The first kappa shape index (κ1) is 32.2. The molecule has 4 aromatic rings. The number of carbonyl (C=O) groups is 2. The number of nitrogens with zero attached hydrogens (tertiary/aromatic N) is 6. The smallest absolute Gasteiger partial charge is 0.410 e. The largest absolute Gasteiger partial charge is 0.497 e. The number of piperazine rings is 1. The average Bonchev–Trinajstić information content (AvgIpc) is 3.71. The Morgan fingerprint density at radius 2 is 1.74 bits per heavy atom. The molecule has 11 nitrogen and oxygen atoms in total. The van der Waals surface area contributed by atoms with E-state index in [0.717, 1.165) is 33.8 Å². The number of carbonyl (C=O) groups excluding carboxylic acids is 2. The number of fused-ring (bicyclic) bond motifs is 1. The van der Waals surface area contributed by atoms with E-state index in [1.54, 1.807) is 22.7 Å². The molecule has 2 aliphatic rings. The first-order valence-electron chi connectivity index (χ1n) is 16.3. The zero-order chi connectivity index (χ0) is 33.3. The number of methoxy groups -OCH3 is 1. The van der Waals surface area contributed by atoms with E-state index in [2.05, 4.69) is 23.0 Å². The molecule has 0 radical (unpaired) electrons. The molecule has 3 aromatic heterocycles. The molecule has 0 saturated carbocycles. The summed E-state index contributed by atoms with van der Waals surface area (Å²) >= 11 is 0. The first-order chi connectivity index (χ1) is 22.5. The highest BCUT2D eigenvalue weighted by molar-refractivity contribution is 5.79. The van der Waals surface area contributed by atoms with E-state index >= 15 is 0 Å². The van der Waals surface area contributed by atoms with Crippen LogP contribution in [0.2, 0.25) is 0 Å². The van der Waals surface area contributed by atoms with Crippen LogP contribution < -0.4 is 14.4 Å². The van der Waals surface area contributed by atoms with Gasteiger partial charge in [-0.3, -0.25) is 9.78 Å². The van der Waals surface area contributed by atoms with Crippen molar-refractivity contribution in [2.24, 2.45) is 5.92 Å². The van der Waals surface area contributed by atoms with E-state index in [9.17, 15) is 9.59 Å². The van der Waals surface area contributed by atoms with Crippen LogP contribution >= 0.6 is 0 Å². The van der Waals surface area contributed by atoms with Crippen molar-refractivity contribution in [1.29, 1.82) is 0 Å². The standard InChI is InChI=1S/C36H44N6O5/c1-24(26-7-10-30(45-6)11-8-26)41-22-27(20-34(41)43)25(2)46-33-19-28(23-42-32(33)13-14-38-42)31-12-9-29(21-37-31)39-15-17-40(18-16-39)35(44)47-36(3,4)5/h7-14,19,21,23-25,27H,15-18,20,22H2,1-6H3. The molecule has 3 atom stereocenters. The lowest BCUT2D eigenvalue weighted by atomic mass is 10.0. The molecule has 2 saturated heterocycles. The van der Waals surface area contributed by atoms with Gasteiger partial charge in [0, 0.05) is 56.8 Å². The molecule has 3 unspecified atom stereocenters. The molecule has 0 aliphatic carbocycles. The van der Waals surface area contributed by atoms with Crippen molar-refractivity contribution >= 4 is 23.2 Å². The molecule has 5 heterocycles. The number of aromatic nitrogens is 3. The minimum Gasteiger partial charge on any atom is -0.497 e. The number of amides is 2. The quantitative estimate of drug-likeness (QED) is 0.237. The summed E-state index contributed by atoms with van der Waals surface area (Å²) in [6.07, 6.45) is 5.54. The van der Waals surface area contributed by atoms with Crippen LogP contribution in [0.5, 0.6) is 11.5 Å². The second-order valence-corrected chi connectivity index (χ2v) is 13.4. The summed E-state index contributed by atoms with van der Waals surface area (Å²) in [6, 6.07) is 15.8. The van der Waals surface area contributed by atoms with Gasteiger partial charge in [-0.15, -0.1) is 0 Å². The van der Waals surface area contributed by atoms with Crippen molar-refractivity contribution in [3.8, 4) is 22.8 Å². The number of pyridine rings is 2. The van der Waals surface area contributed by atoms with Crippen molar-refractivity contribution in [1.82, 2.24) is 24.4 Å². The van der Waals surface area contributed by atoms with Crippen LogP contribution in [0.3, 0.4) is 0 Å². The van der Waals surface area contributed by atoms with E-state index in [1.807, 2.05) is 87.5 Å². The van der Waals surface area contributed by atoms with Crippen LogP contribution in [0, 0.1) is 5.92 Å². The predicted octanol–water partition coefficient (Wildman–Crippen LogP) is 5.84. The van der Waals surface area contributed by atoms with Gasteiger partial charge >= 0.3 is 6.09 Å². The normalized spacial score (nSPS) is 18.4. The van der Waals surface area contributed by atoms with Crippen LogP contribution in [0.25, 0.3) is 16.8 Å². The van der Waals surface area contributed by atoms with Crippen LogP contribution in [-0.2, 0) is 9.53 Å². The van der Waals surface area contributed by atoms with Crippen LogP contribution in [0.4, 0.5) is 10.5 Å². The summed E-state index contributed by atoms with van der Waals surface area (Å²) in [7, 11) is 1.65. The van der Waals surface area contributed by atoms with Crippen molar-refractivity contribution < 1.29 is 23.8 Å². The van der Waals surface area contributed by atoms with Gasteiger partial charge in [0.2, 0.25) is 5.91 Å². The average molecular weight is 641 g/mol. The van der Waals surface area contributed by atoms with Crippen molar-refractivity contribution in [2.75, 3.05) is 44.7 Å². The minimum absolute atomic E-state index is 0.0432. The fraction of sp³-hybridized carbons (Fsp3) is 0.444. The fourth-order valence-corrected chi connectivity index (χ4v) is 6.26. The summed E-state index contributed by atoms with van der Waals surface area (Å²) in [5, 5.41) is 4.48. The number of likely N-dealkylation sites (tertiary alicyclic amines) is 1. The molecule has 2 fully saturated rings. The van der Waals surface area contributed by atoms with Crippen LogP contribution in [-0.4, -0.2) is 87.9 Å². The van der Waals surface area contributed by atoms with E-state index in [0.29, 0.717) is 44.9 Å². The van der Waals surface area contributed by atoms with E-state index in [1.165, 1.54) is 0 Å². The topological polar surface area (TPSA) is 102 Å². The van der Waals surface area contributed by atoms with Crippen LogP contribution in [0.1, 0.15) is 52.6 Å². The Morgan fingerprint density at radius 1 is 1.00 bits per heavy atom. The number of anilines is 1. The molecule has 2 aliphatic heterocycles. The molecular formula is C36H44N6O5. The van der Waals surface area contributed by atoms with Gasteiger partial charge in [-0.1, -0.05) is 12.1 Å². The predicted molar refractivity (Wildman–Crippen MR) is 180 cm³/mol. The highest BCUT2D eigenvalue weighted by Gasteiger charge is 2.37. The number of hydrogen-bond acceptors (Lipinski definition) is 8. The second-order valence-electron chi connectivity index (χ2n) is 13.4. The maximum absolute atomic E-state index is 13.1. The molecule has 0 spiro atoms. The van der Waals surface area contributed by atoms with E-state index < -0.39 is 5.60 Å². The Kier molecular flexibility index (Phi) is 8.98. The zero-order valence-corrected chi connectivity index (χ0v) is 28.1. The lowest BCUT2D eigenvalue weighted by Gasteiger charge is -2.36. The Hall–Kier alpha value is -4.80. The van der Waals surface area contributed by atoms with Gasteiger partial charge in [-0.05, 0) is 76.6 Å². The van der Waals surface area contributed by atoms with Crippen molar-refractivity contribution in [3.05, 3.63) is 72.7 Å². The SMILES string of the molecule is COc1ccc(C(C)N2CC(C(C)Oc3cc(-c4ccc(N5CCN(C(=O)OC(C)(C)C)CC5)cn4)cn4nccc34)CC2=O)cc1. The molecule has 6 rings (SSSR count). The van der Waals surface area contributed by atoms with Crippen molar-refractivity contribution in [3.63, 3.8) is 0 Å². The number of hydrogen-bond donors (Lipinski definition) is 0. The van der Waals surface area contributed by atoms with Gasteiger partial charge in [-0.25, -0.2) is 9.31 Å². The van der Waals surface area contributed by atoms with Gasteiger partial charge in [0.25, 0.3) is 0 Å². The third kappa shape index (κ3) is 7.13. The highest BCUT2D eigenvalue weighted by Crippen LogP contribution is 2.34. The summed E-state index contributed by atoms with van der Waals surface area (Å²) in [5.41, 5.74) is 4.09. The molecule has 47 heavy (non-hydrogen) atoms. The number of benzene rings is 1. The maximum Gasteiger partial charge on any atom is 0.410 e. The number of rotatable bonds is 8. The lowest BCUT2D eigenvalue weighted by Crippen LogP contribution is -2.50. The Balaban J connectivity index is 1.12.